The number of phenols is 1. The van der Waals surface area contributed by atoms with Crippen LogP contribution >= 0.6 is 0 Å². The number of benzene rings is 1. The number of ether oxygens (including phenoxy) is 2. The zero-order valence-corrected chi connectivity index (χ0v) is 18.7. The Bertz CT molecular complexity index is 942. The van der Waals surface area contributed by atoms with Crippen LogP contribution in [0.1, 0.15) is 44.0 Å². The third-order valence-corrected chi connectivity index (χ3v) is 5.07. The van der Waals surface area contributed by atoms with Crippen molar-refractivity contribution in [3.63, 3.8) is 0 Å². The first-order valence-corrected chi connectivity index (χ1v) is 10.9. The number of phenolic OH excluding ortho intramolecular Hbond substituents is 1. The number of para-hydroxylation sites is 1. The van der Waals surface area contributed by atoms with E-state index in [1.807, 2.05) is 18.7 Å². The van der Waals surface area contributed by atoms with E-state index >= 15 is 0 Å². The molecule has 0 bridgehead atoms. The van der Waals surface area contributed by atoms with E-state index in [0.29, 0.717) is 49.7 Å². The fourth-order valence-corrected chi connectivity index (χ4v) is 3.45. The Morgan fingerprint density at radius 1 is 1.22 bits per heavy atom. The van der Waals surface area contributed by atoms with Gasteiger partial charge in [0.2, 0.25) is 0 Å². The van der Waals surface area contributed by atoms with Crippen molar-refractivity contribution in [2.75, 3.05) is 31.2 Å². The van der Waals surface area contributed by atoms with Gasteiger partial charge in [0.25, 0.3) is 0 Å². The second-order valence-electron chi connectivity index (χ2n) is 8.07. The highest BCUT2D eigenvalue weighted by Gasteiger charge is 2.27. The summed E-state index contributed by atoms with van der Waals surface area (Å²) >= 11 is 0. The van der Waals surface area contributed by atoms with Crippen molar-refractivity contribution < 1.29 is 24.2 Å². The predicted octanol–water partition coefficient (Wildman–Crippen LogP) is 3.38. The van der Waals surface area contributed by atoms with Crippen LogP contribution in [-0.4, -0.2) is 59.5 Å². The van der Waals surface area contributed by atoms with Crippen molar-refractivity contribution in [1.29, 1.82) is 0 Å². The molecule has 172 valence electrons. The molecule has 0 radical (unpaired) electrons. The number of amides is 1. The molecule has 0 atom stereocenters. The zero-order valence-electron chi connectivity index (χ0n) is 18.7. The number of carbonyl (C=O) groups excluding carboxylic acids is 2. The Morgan fingerprint density at radius 2 is 1.94 bits per heavy atom. The standard InChI is InChI=1S/C23H30N4O5/c1-4-31-22(29)18-13-24-20(17-7-5-6-8-19(17)28)26-21(18)27-11-9-16(10-12-27)25-23(30)32-14-15(2)3/h5-8,13,15-16,28H,4,9-12,14H2,1-3H3,(H,25,30). The van der Waals surface area contributed by atoms with Gasteiger partial charge in [-0.3, -0.25) is 0 Å². The van der Waals surface area contributed by atoms with Crippen molar-refractivity contribution in [3.05, 3.63) is 36.0 Å². The maximum Gasteiger partial charge on any atom is 0.407 e. The van der Waals surface area contributed by atoms with Crippen LogP contribution in [-0.2, 0) is 9.47 Å². The van der Waals surface area contributed by atoms with Crippen molar-refractivity contribution in [3.8, 4) is 17.1 Å². The molecular formula is C23H30N4O5. The van der Waals surface area contributed by atoms with Gasteiger partial charge in [-0.15, -0.1) is 0 Å². The molecule has 1 aromatic carbocycles. The van der Waals surface area contributed by atoms with Crippen LogP contribution in [0.25, 0.3) is 11.4 Å². The third-order valence-electron chi connectivity index (χ3n) is 5.07. The van der Waals surface area contributed by atoms with E-state index < -0.39 is 12.1 Å². The number of aromatic nitrogens is 2. The van der Waals surface area contributed by atoms with E-state index in [9.17, 15) is 14.7 Å². The van der Waals surface area contributed by atoms with Gasteiger partial charge in [-0.05, 0) is 37.8 Å². The Balaban J connectivity index is 1.77. The first kappa shape index (κ1) is 23.3. The molecule has 0 aliphatic carbocycles. The van der Waals surface area contributed by atoms with Gasteiger partial charge in [-0.2, -0.15) is 0 Å². The summed E-state index contributed by atoms with van der Waals surface area (Å²) in [4.78, 5) is 35.3. The molecular weight excluding hydrogens is 412 g/mol. The lowest BCUT2D eigenvalue weighted by atomic mass is 10.0. The van der Waals surface area contributed by atoms with Gasteiger partial charge < -0.3 is 24.8 Å². The normalized spacial score (nSPS) is 14.3. The molecule has 1 aliphatic rings. The molecule has 1 aromatic heterocycles. The van der Waals surface area contributed by atoms with Crippen molar-refractivity contribution in [2.45, 2.75) is 39.7 Å². The van der Waals surface area contributed by atoms with E-state index in [2.05, 4.69) is 15.3 Å². The Labute approximate surface area is 187 Å². The third kappa shape index (κ3) is 5.87. The second kappa shape index (κ2) is 10.8. The van der Waals surface area contributed by atoms with Gasteiger partial charge in [0, 0.05) is 25.3 Å². The van der Waals surface area contributed by atoms with E-state index in [0.717, 1.165) is 0 Å². The van der Waals surface area contributed by atoms with Crippen molar-refractivity contribution in [1.82, 2.24) is 15.3 Å². The number of hydrogen-bond donors (Lipinski definition) is 2. The number of rotatable bonds is 7. The highest BCUT2D eigenvalue weighted by molar-refractivity contribution is 5.95. The molecule has 9 nitrogen and oxygen atoms in total. The molecule has 9 heteroatoms. The van der Waals surface area contributed by atoms with Crippen LogP contribution in [0.5, 0.6) is 5.75 Å². The molecule has 1 aliphatic heterocycles. The van der Waals surface area contributed by atoms with E-state index in [4.69, 9.17) is 9.47 Å². The highest BCUT2D eigenvalue weighted by atomic mass is 16.5. The second-order valence-corrected chi connectivity index (χ2v) is 8.07. The lowest BCUT2D eigenvalue weighted by Gasteiger charge is -2.33. The summed E-state index contributed by atoms with van der Waals surface area (Å²) in [6.07, 6.45) is 2.38. The molecule has 2 heterocycles. The molecule has 2 N–H and O–H groups in total. The highest BCUT2D eigenvalue weighted by Crippen LogP contribution is 2.30. The van der Waals surface area contributed by atoms with Crippen LogP contribution in [0, 0.1) is 5.92 Å². The summed E-state index contributed by atoms with van der Waals surface area (Å²) in [6.45, 7) is 7.49. The SMILES string of the molecule is CCOC(=O)c1cnc(-c2ccccc2O)nc1N1CCC(NC(=O)OCC(C)C)CC1. The number of alkyl carbamates (subject to hydrolysis) is 1. The number of hydrogen-bond acceptors (Lipinski definition) is 8. The first-order valence-electron chi connectivity index (χ1n) is 10.9. The van der Waals surface area contributed by atoms with Gasteiger partial charge in [-0.1, -0.05) is 26.0 Å². The van der Waals surface area contributed by atoms with Gasteiger partial charge >= 0.3 is 12.1 Å². The molecule has 1 fully saturated rings. The number of nitrogens with zero attached hydrogens (tertiary/aromatic N) is 3. The minimum Gasteiger partial charge on any atom is -0.507 e. The quantitative estimate of drug-likeness (QED) is 0.628. The summed E-state index contributed by atoms with van der Waals surface area (Å²) < 4.78 is 10.4. The summed E-state index contributed by atoms with van der Waals surface area (Å²) in [5.74, 6) is 0.620. The lowest BCUT2D eigenvalue weighted by Crippen LogP contribution is -2.45. The van der Waals surface area contributed by atoms with Gasteiger partial charge in [0.05, 0.1) is 18.8 Å². The summed E-state index contributed by atoms with van der Waals surface area (Å²) in [6, 6.07) is 6.77. The van der Waals surface area contributed by atoms with E-state index in [1.165, 1.54) is 6.20 Å². The fraction of sp³-hybridized carbons (Fsp3) is 0.478. The number of carbonyl (C=O) groups is 2. The Kier molecular flexibility index (Phi) is 7.86. The average molecular weight is 443 g/mol. The van der Waals surface area contributed by atoms with Gasteiger partial charge in [-0.25, -0.2) is 19.6 Å². The minimum absolute atomic E-state index is 0.0172. The molecule has 0 spiro atoms. The predicted molar refractivity (Wildman–Crippen MR) is 120 cm³/mol. The molecule has 1 amide bonds. The zero-order chi connectivity index (χ0) is 23.1. The molecule has 3 rings (SSSR count). The Morgan fingerprint density at radius 3 is 2.59 bits per heavy atom. The summed E-state index contributed by atoms with van der Waals surface area (Å²) in [5.41, 5.74) is 0.752. The summed E-state index contributed by atoms with van der Waals surface area (Å²) in [7, 11) is 0. The minimum atomic E-state index is -0.496. The monoisotopic (exact) mass is 442 g/mol. The maximum atomic E-state index is 12.5. The van der Waals surface area contributed by atoms with Crippen LogP contribution in [0.4, 0.5) is 10.6 Å². The van der Waals surface area contributed by atoms with Crippen LogP contribution in [0.3, 0.4) is 0 Å². The average Bonchev–Trinajstić information content (AvgIpc) is 2.78. The number of anilines is 1. The fourth-order valence-electron chi connectivity index (χ4n) is 3.45. The Hall–Kier alpha value is -3.36. The van der Waals surface area contributed by atoms with E-state index in [1.54, 1.807) is 31.2 Å². The smallest absolute Gasteiger partial charge is 0.407 e. The molecule has 0 saturated carbocycles. The van der Waals surface area contributed by atoms with Crippen molar-refractivity contribution in [2.24, 2.45) is 5.92 Å². The molecule has 32 heavy (non-hydrogen) atoms. The van der Waals surface area contributed by atoms with Crippen LogP contribution in [0.15, 0.2) is 30.5 Å². The van der Waals surface area contributed by atoms with Gasteiger partial charge in [0.15, 0.2) is 5.82 Å². The number of nitrogens with one attached hydrogen (secondary N) is 1. The largest absolute Gasteiger partial charge is 0.507 e. The number of aromatic hydroxyl groups is 1. The molecule has 0 unspecified atom stereocenters. The van der Waals surface area contributed by atoms with Gasteiger partial charge in [0.1, 0.15) is 17.1 Å². The summed E-state index contributed by atoms with van der Waals surface area (Å²) in [5, 5.41) is 13.1. The number of esters is 1. The first-order chi connectivity index (χ1) is 15.4. The van der Waals surface area contributed by atoms with Crippen LogP contribution < -0.4 is 10.2 Å². The lowest BCUT2D eigenvalue weighted by molar-refractivity contribution is 0.0526. The van der Waals surface area contributed by atoms with Crippen LogP contribution in [0.2, 0.25) is 0 Å². The number of piperidine rings is 1. The molecule has 2 aromatic rings. The molecule has 1 saturated heterocycles. The maximum absolute atomic E-state index is 12.5. The topological polar surface area (TPSA) is 114 Å². The van der Waals surface area contributed by atoms with E-state index in [-0.39, 0.29) is 29.9 Å². The van der Waals surface area contributed by atoms with Crippen molar-refractivity contribution >= 4 is 17.9 Å².